The Morgan fingerprint density at radius 1 is 1.11 bits per heavy atom. The van der Waals surface area contributed by atoms with Crippen LogP contribution in [0.5, 0.6) is 0 Å². The highest BCUT2D eigenvalue weighted by atomic mass is 16.2. The second kappa shape index (κ2) is 5.58. The van der Waals surface area contributed by atoms with Gasteiger partial charge in [-0.15, -0.1) is 0 Å². The van der Waals surface area contributed by atoms with E-state index in [4.69, 9.17) is 5.73 Å². The van der Waals surface area contributed by atoms with E-state index in [-0.39, 0.29) is 11.6 Å². The van der Waals surface area contributed by atoms with Gasteiger partial charge in [-0.25, -0.2) is 9.78 Å². The van der Waals surface area contributed by atoms with Gasteiger partial charge in [-0.3, -0.25) is 9.78 Å². The van der Waals surface area contributed by atoms with Crippen LogP contribution in [0.3, 0.4) is 0 Å². The number of aromatic nitrogens is 2. The van der Waals surface area contributed by atoms with Crippen LogP contribution in [0.1, 0.15) is 10.5 Å². The number of primary amides is 1. The Labute approximate surface area is 108 Å². The van der Waals surface area contributed by atoms with Gasteiger partial charge in [0.05, 0.1) is 6.20 Å². The number of hydrogen-bond acceptors (Lipinski definition) is 4. The molecule has 0 radical (unpaired) electrons. The average molecular weight is 257 g/mol. The Morgan fingerprint density at radius 2 is 1.84 bits per heavy atom. The molecule has 1 aromatic carbocycles. The number of anilines is 2. The van der Waals surface area contributed by atoms with E-state index in [2.05, 4.69) is 20.6 Å². The molecule has 1 heterocycles. The zero-order valence-corrected chi connectivity index (χ0v) is 9.83. The van der Waals surface area contributed by atoms with Crippen molar-refractivity contribution in [3.05, 3.63) is 48.5 Å². The first-order chi connectivity index (χ1) is 9.15. The lowest BCUT2D eigenvalue weighted by molar-refractivity contribution is 0.102. The van der Waals surface area contributed by atoms with Crippen LogP contribution in [0.15, 0.2) is 42.9 Å². The van der Waals surface area contributed by atoms with Crippen molar-refractivity contribution in [2.24, 2.45) is 5.73 Å². The molecule has 7 nitrogen and oxygen atoms in total. The van der Waals surface area contributed by atoms with Gasteiger partial charge < -0.3 is 16.4 Å². The van der Waals surface area contributed by atoms with E-state index < -0.39 is 6.03 Å². The van der Waals surface area contributed by atoms with Gasteiger partial charge in [-0.1, -0.05) is 6.07 Å². The van der Waals surface area contributed by atoms with Gasteiger partial charge in [0.25, 0.3) is 5.91 Å². The monoisotopic (exact) mass is 257 g/mol. The number of carbonyl (C=O) groups is 2. The highest BCUT2D eigenvalue weighted by Crippen LogP contribution is 2.15. The molecule has 0 saturated carbocycles. The molecule has 7 heteroatoms. The summed E-state index contributed by atoms with van der Waals surface area (Å²) < 4.78 is 0. The fourth-order valence-corrected chi connectivity index (χ4v) is 1.43. The van der Waals surface area contributed by atoms with Gasteiger partial charge in [-0.2, -0.15) is 0 Å². The van der Waals surface area contributed by atoms with Crippen molar-refractivity contribution in [1.29, 1.82) is 0 Å². The van der Waals surface area contributed by atoms with Crippen molar-refractivity contribution in [2.75, 3.05) is 10.6 Å². The topological polar surface area (TPSA) is 110 Å². The molecule has 2 aromatic rings. The molecule has 0 unspecified atom stereocenters. The van der Waals surface area contributed by atoms with Gasteiger partial charge >= 0.3 is 6.03 Å². The Bertz CT molecular complexity index is 600. The quantitative estimate of drug-likeness (QED) is 0.767. The normalized spacial score (nSPS) is 9.68. The number of hydrogen-bond donors (Lipinski definition) is 3. The first-order valence-electron chi connectivity index (χ1n) is 5.39. The average Bonchev–Trinajstić information content (AvgIpc) is 2.39. The van der Waals surface area contributed by atoms with Crippen LogP contribution in [0.4, 0.5) is 16.2 Å². The third-order valence-corrected chi connectivity index (χ3v) is 2.18. The van der Waals surface area contributed by atoms with Crippen LogP contribution < -0.4 is 16.4 Å². The van der Waals surface area contributed by atoms with Crippen molar-refractivity contribution in [3.63, 3.8) is 0 Å². The number of nitrogens with zero attached hydrogens (tertiary/aromatic N) is 2. The lowest BCUT2D eigenvalue weighted by atomic mass is 10.2. The van der Waals surface area contributed by atoms with Crippen LogP contribution in [-0.4, -0.2) is 21.9 Å². The van der Waals surface area contributed by atoms with Gasteiger partial charge in [0.1, 0.15) is 5.69 Å². The number of urea groups is 1. The molecule has 3 amide bonds. The number of benzene rings is 1. The van der Waals surface area contributed by atoms with E-state index in [1.165, 1.54) is 18.6 Å². The number of amides is 3. The van der Waals surface area contributed by atoms with E-state index >= 15 is 0 Å². The second-order valence-corrected chi connectivity index (χ2v) is 3.61. The highest BCUT2D eigenvalue weighted by molar-refractivity contribution is 6.03. The smallest absolute Gasteiger partial charge is 0.316 e. The molecule has 0 bridgehead atoms. The van der Waals surface area contributed by atoms with E-state index in [0.29, 0.717) is 11.4 Å². The van der Waals surface area contributed by atoms with Crippen molar-refractivity contribution >= 4 is 23.3 Å². The van der Waals surface area contributed by atoms with Crippen LogP contribution in [0.25, 0.3) is 0 Å². The molecule has 0 spiro atoms. The number of rotatable bonds is 3. The van der Waals surface area contributed by atoms with E-state index in [9.17, 15) is 9.59 Å². The largest absolute Gasteiger partial charge is 0.351 e. The van der Waals surface area contributed by atoms with E-state index in [0.717, 1.165) is 0 Å². The van der Waals surface area contributed by atoms with Crippen LogP contribution >= 0.6 is 0 Å². The summed E-state index contributed by atoms with van der Waals surface area (Å²) in [5.74, 6) is -0.385. The van der Waals surface area contributed by atoms with E-state index in [1.807, 2.05) is 0 Å². The fraction of sp³-hybridized carbons (Fsp3) is 0. The molecule has 19 heavy (non-hydrogen) atoms. The third-order valence-electron chi connectivity index (χ3n) is 2.18. The maximum atomic E-state index is 11.8. The lowest BCUT2D eigenvalue weighted by Crippen LogP contribution is -2.19. The van der Waals surface area contributed by atoms with E-state index in [1.54, 1.807) is 24.3 Å². The summed E-state index contributed by atoms with van der Waals surface area (Å²) in [5.41, 5.74) is 6.22. The van der Waals surface area contributed by atoms with Crippen molar-refractivity contribution < 1.29 is 9.59 Å². The number of nitrogens with two attached hydrogens (primary N) is 1. The maximum Gasteiger partial charge on any atom is 0.316 e. The first kappa shape index (κ1) is 12.5. The predicted molar refractivity (Wildman–Crippen MR) is 69.6 cm³/mol. The molecule has 0 aliphatic carbocycles. The molecule has 0 saturated heterocycles. The first-order valence-corrected chi connectivity index (χ1v) is 5.39. The summed E-state index contributed by atoms with van der Waals surface area (Å²) in [5, 5.41) is 5.06. The minimum Gasteiger partial charge on any atom is -0.351 e. The standard InChI is InChI=1S/C12H11N5O2/c13-12(19)17-9-3-1-2-8(6-9)16-11(18)10-7-14-4-5-15-10/h1-7H,(H,16,18)(H3,13,17,19). The number of nitrogens with one attached hydrogen (secondary N) is 2. The Hall–Kier alpha value is -2.96. The molecule has 2 rings (SSSR count). The summed E-state index contributed by atoms with van der Waals surface area (Å²) in [6.07, 6.45) is 4.27. The summed E-state index contributed by atoms with van der Waals surface area (Å²) in [7, 11) is 0. The second-order valence-electron chi connectivity index (χ2n) is 3.61. The Kier molecular flexibility index (Phi) is 3.67. The molecule has 0 aliphatic heterocycles. The van der Waals surface area contributed by atoms with Gasteiger partial charge in [-0.05, 0) is 18.2 Å². The van der Waals surface area contributed by atoms with Crippen molar-refractivity contribution in [3.8, 4) is 0 Å². The fourth-order valence-electron chi connectivity index (χ4n) is 1.43. The molecule has 0 fully saturated rings. The van der Waals surface area contributed by atoms with Crippen molar-refractivity contribution in [1.82, 2.24) is 9.97 Å². The molecular weight excluding hydrogens is 246 g/mol. The minimum atomic E-state index is -0.669. The van der Waals surface area contributed by atoms with Crippen molar-refractivity contribution in [2.45, 2.75) is 0 Å². The Morgan fingerprint density at radius 3 is 2.47 bits per heavy atom. The van der Waals surface area contributed by atoms with Gasteiger partial charge in [0.15, 0.2) is 0 Å². The molecule has 96 valence electrons. The SMILES string of the molecule is NC(=O)Nc1cccc(NC(=O)c2cnccn2)c1. The molecule has 0 aliphatic rings. The molecule has 1 aromatic heterocycles. The van der Waals surface area contributed by atoms with Gasteiger partial charge in [0.2, 0.25) is 0 Å². The third kappa shape index (κ3) is 3.50. The summed E-state index contributed by atoms with van der Waals surface area (Å²) in [6.45, 7) is 0. The predicted octanol–water partition coefficient (Wildman–Crippen LogP) is 1.22. The minimum absolute atomic E-state index is 0.204. The summed E-state index contributed by atoms with van der Waals surface area (Å²) >= 11 is 0. The lowest BCUT2D eigenvalue weighted by Gasteiger charge is -2.07. The summed E-state index contributed by atoms with van der Waals surface area (Å²) in [6, 6.07) is 5.93. The molecular formula is C12H11N5O2. The molecule has 4 N–H and O–H groups in total. The maximum absolute atomic E-state index is 11.8. The number of carbonyl (C=O) groups excluding carboxylic acids is 2. The van der Waals surface area contributed by atoms with Crippen LogP contribution in [-0.2, 0) is 0 Å². The molecule has 0 atom stereocenters. The van der Waals surface area contributed by atoms with Crippen LogP contribution in [0, 0.1) is 0 Å². The summed E-state index contributed by atoms with van der Waals surface area (Å²) in [4.78, 5) is 30.2. The Balaban J connectivity index is 2.11. The highest BCUT2D eigenvalue weighted by Gasteiger charge is 2.07. The zero-order chi connectivity index (χ0) is 13.7. The van der Waals surface area contributed by atoms with Crippen LogP contribution in [0.2, 0.25) is 0 Å². The van der Waals surface area contributed by atoms with Gasteiger partial charge in [0, 0.05) is 23.8 Å². The zero-order valence-electron chi connectivity index (χ0n) is 9.83.